The van der Waals surface area contributed by atoms with Crippen molar-refractivity contribution in [1.82, 2.24) is 15.0 Å². The lowest BCUT2D eigenvalue weighted by molar-refractivity contribution is -0.224. The van der Waals surface area contributed by atoms with Crippen LogP contribution < -0.4 is 0 Å². The molecule has 3 aromatic rings. The Morgan fingerprint density at radius 1 is 0.836 bits per heavy atom. The second-order valence-electron chi connectivity index (χ2n) is 20.6. The van der Waals surface area contributed by atoms with Crippen LogP contribution in [0.15, 0.2) is 67.1 Å². The molecule has 0 spiro atoms. The highest BCUT2D eigenvalue weighted by Crippen LogP contribution is 2.69. The summed E-state index contributed by atoms with van der Waals surface area (Å²) >= 11 is 0. The summed E-state index contributed by atoms with van der Waals surface area (Å²) in [7, 11) is -8.26. The summed E-state index contributed by atoms with van der Waals surface area (Å²) < 4.78 is 67.8. The van der Waals surface area contributed by atoms with Gasteiger partial charge in [0.15, 0.2) is 5.03 Å². The van der Waals surface area contributed by atoms with Crippen LogP contribution in [0.2, 0.25) is 0 Å². The summed E-state index contributed by atoms with van der Waals surface area (Å²) in [4.78, 5) is 37.9. The average Bonchev–Trinajstić information content (AvgIpc) is 3.84. The number of rotatable bonds is 16. The van der Waals surface area contributed by atoms with Gasteiger partial charge in [-0.3, -0.25) is 14.4 Å². The Bertz CT molecular complexity index is 2580. The van der Waals surface area contributed by atoms with Crippen molar-refractivity contribution in [1.29, 1.82) is 0 Å². The Labute approximate surface area is 398 Å². The first kappa shape index (κ1) is 50.3. The number of sulfonamides is 1. The standard InChI is InChI=1S/C52H70N4O9S2/c1-10-11-12-13-16-46-50(66(60,41-21-17-33(2)18-22-41)55-67(61,62)42-23-19-34(3)20-24-42)53-54-56(46)29-14-15-35(4)43-25-26-44-49-45(32-48(52(43,44)9)65-38(7)59)51(8)28-27-40(63-36(5)57)30-39(51)31-47(49)64-37(6)58/h1,17-24,35,39-40,43-45,47-49H,11-16,25-32H2,2-9H3/t35-,39+,40-,43-,44+,45+,47-,48+,49+,51+,52-,66?/m1/s1. The largest absolute Gasteiger partial charge is 0.463 e. The molecule has 1 heterocycles. The summed E-state index contributed by atoms with van der Waals surface area (Å²) in [6, 6.07) is 13.2. The molecule has 2 aromatic carbocycles. The van der Waals surface area contributed by atoms with E-state index < -0.39 is 19.8 Å². The number of aryl methyl sites for hydroxylation is 3. The van der Waals surface area contributed by atoms with Crippen molar-refractivity contribution in [2.24, 2.45) is 50.1 Å². The molecular formula is C52H70N4O9S2. The molecule has 364 valence electrons. The van der Waals surface area contributed by atoms with Crippen molar-refractivity contribution in [2.75, 3.05) is 0 Å². The van der Waals surface area contributed by atoms with E-state index in [-0.39, 0.29) is 97.4 Å². The van der Waals surface area contributed by atoms with Crippen molar-refractivity contribution >= 4 is 37.7 Å². The van der Waals surface area contributed by atoms with Crippen LogP contribution >= 0.6 is 0 Å². The van der Waals surface area contributed by atoms with Gasteiger partial charge < -0.3 is 14.2 Å². The fourth-order valence-corrected chi connectivity index (χ4v) is 17.1. The van der Waals surface area contributed by atoms with E-state index in [0.717, 1.165) is 49.7 Å². The summed E-state index contributed by atoms with van der Waals surface area (Å²) in [5, 5.41) is 9.11. The average molecular weight is 959 g/mol. The van der Waals surface area contributed by atoms with Crippen LogP contribution in [0.4, 0.5) is 0 Å². The van der Waals surface area contributed by atoms with Crippen molar-refractivity contribution in [3.05, 3.63) is 65.4 Å². The number of hydrogen-bond acceptors (Lipinski definition) is 11. The highest BCUT2D eigenvalue weighted by atomic mass is 32.3. The molecule has 15 heteroatoms. The Morgan fingerprint density at radius 3 is 2.10 bits per heavy atom. The van der Waals surface area contributed by atoms with E-state index in [1.165, 1.54) is 32.9 Å². The normalized spacial score (nSPS) is 30.3. The quantitative estimate of drug-likeness (QED) is 0.0579. The molecule has 4 fully saturated rings. The molecule has 0 bridgehead atoms. The van der Waals surface area contributed by atoms with Gasteiger partial charge in [-0.25, -0.2) is 8.89 Å². The van der Waals surface area contributed by atoms with Gasteiger partial charge in [0.2, 0.25) is 0 Å². The van der Waals surface area contributed by atoms with Gasteiger partial charge in [0.1, 0.15) is 28.0 Å². The summed E-state index contributed by atoms with van der Waals surface area (Å²) in [6.45, 7) is 15.6. The lowest BCUT2D eigenvalue weighted by Gasteiger charge is -2.64. The number of terminal acetylenes is 1. The predicted molar refractivity (Wildman–Crippen MR) is 254 cm³/mol. The van der Waals surface area contributed by atoms with E-state index in [0.29, 0.717) is 57.2 Å². The van der Waals surface area contributed by atoms with Crippen molar-refractivity contribution in [3.63, 3.8) is 0 Å². The van der Waals surface area contributed by atoms with Crippen molar-refractivity contribution in [2.45, 2.75) is 179 Å². The van der Waals surface area contributed by atoms with Gasteiger partial charge in [0.05, 0.1) is 15.5 Å². The van der Waals surface area contributed by atoms with E-state index >= 15 is 4.21 Å². The molecule has 67 heavy (non-hydrogen) atoms. The number of fused-ring (bicyclic) bond motifs is 5. The number of hydrogen-bond donors (Lipinski definition) is 0. The zero-order chi connectivity index (χ0) is 48.5. The summed E-state index contributed by atoms with van der Waals surface area (Å²) in [6.07, 6.45) is 14.3. The predicted octanol–water partition coefficient (Wildman–Crippen LogP) is 9.61. The van der Waals surface area contributed by atoms with Crippen molar-refractivity contribution < 1.29 is 41.2 Å². The molecule has 0 radical (unpaired) electrons. The number of carbonyl (C=O) groups excluding carboxylic acids is 3. The maximum Gasteiger partial charge on any atom is 0.302 e. The third-order valence-corrected chi connectivity index (χ3v) is 20.6. The molecular weight excluding hydrogens is 889 g/mol. The molecule has 12 atom stereocenters. The van der Waals surface area contributed by atoms with Crippen LogP contribution in [0.1, 0.15) is 135 Å². The topological polar surface area (TPSA) is 173 Å². The third-order valence-electron chi connectivity index (χ3n) is 16.3. The zero-order valence-electron chi connectivity index (χ0n) is 40.6. The Hall–Kier alpha value is -4.55. The minimum atomic E-state index is -4.40. The number of carbonyl (C=O) groups is 3. The minimum absolute atomic E-state index is 0.0403. The molecule has 0 N–H and O–H groups in total. The van der Waals surface area contributed by atoms with E-state index in [2.05, 4.69) is 40.8 Å². The van der Waals surface area contributed by atoms with Crippen LogP contribution in [0.3, 0.4) is 0 Å². The van der Waals surface area contributed by atoms with Crippen LogP contribution in [0, 0.1) is 72.5 Å². The molecule has 7 rings (SSSR count). The number of esters is 3. The van der Waals surface area contributed by atoms with E-state index in [1.54, 1.807) is 41.1 Å². The highest BCUT2D eigenvalue weighted by molar-refractivity contribution is 8.03. The number of benzene rings is 2. The third kappa shape index (κ3) is 10.3. The molecule has 1 aromatic heterocycles. The number of unbranched alkanes of at least 4 members (excludes halogenated alkanes) is 2. The Morgan fingerprint density at radius 2 is 1.48 bits per heavy atom. The number of aromatic nitrogens is 3. The second kappa shape index (κ2) is 20.2. The molecule has 4 aliphatic carbocycles. The lowest BCUT2D eigenvalue weighted by Crippen LogP contribution is -2.63. The first-order chi connectivity index (χ1) is 31.7. The minimum Gasteiger partial charge on any atom is -0.463 e. The molecule has 4 saturated carbocycles. The number of nitrogens with zero attached hydrogens (tertiary/aromatic N) is 4. The molecule has 0 aliphatic heterocycles. The first-order valence-electron chi connectivity index (χ1n) is 24.3. The van der Waals surface area contributed by atoms with Crippen LogP contribution in [-0.2, 0) is 61.3 Å². The second-order valence-corrected chi connectivity index (χ2v) is 24.5. The zero-order valence-corrected chi connectivity index (χ0v) is 42.2. The highest BCUT2D eigenvalue weighted by Gasteiger charge is 2.67. The maximum atomic E-state index is 15.5. The van der Waals surface area contributed by atoms with Gasteiger partial charge in [-0.15, -0.1) is 17.4 Å². The smallest absolute Gasteiger partial charge is 0.302 e. The lowest BCUT2D eigenvalue weighted by atomic mass is 9.43. The van der Waals surface area contributed by atoms with Crippen LogP contribution in [-0.4, -0.2) is 63.8 Å². The van der Waals surface area contributed by atoms with E-state index in [4.69, 9.17) is 20.6 Å². The maximum absolute atomic E-state index is 15.5. The molecule has 1 unspecified atom stereocenters. The fourth-order valence-electron chi connectivity index (χ4n) is 13.2. The first-order valence-corrected chi connectivity index (χ1v) is 27.2. The van der Waals surface area contributed by atoms with Crippen LogP contribution in [0.5, 0.6) is 0 Å². The Balaban J connectivity index is 1.17. The SMILES string of the molecule is C#CCCCCc1c(S(=O)(=NS(=O)(=O)c2ccc(C)cc2)c2ccc(C)cc2)nnn1CCC[C@@H](C)[C@H]1CC[C@H]2[C@@H]3[C@H](OC(C)=O)C[C@@H]4C[C@H](OC(C)=O)CC[C@]4(C)[C@H]3C[C@H](OC(C)=O)[C@]12C. The molecule has 0 saturated heterocycles. The van der Waals surface area contributed by atoms with Gasteiger partial charge in [-0.1, -0.05) is 65.1 Å². The van der Waals surface area contributed by atoms with Crippen molar-refractivity contribution in [3.8, 4) is 12.3 Å². The van der Waals surface area contributed by atoms with E-state index in [9.17, 15) is 22.8 Å². The van der Waals surface area contributed by atoms with Gasteiger partial charge in [0, 0.05) is 45.1 Å². The van der Waals surface area contributed by atoms with Gasteiger partial charge in [-0.05, 0) is 150 Å². The van der Waals surface area contributed by atoms with Gasteiger partial charge >= 0.3 is 17.9 Å². The van der Waals surface area contributed by atoms with Gasteiger partial charge in [0.25, 0.3) is 10.0 Å². The Kier molecular flexibility index (Phi) is 15.2. The summed E-state index contributed by atoms with van der Waals surface area (Å²) in [5.41, 5.74) is 1.89. The fraction of sp³-hybridized carbons (Fsp3) is 0.635. The number of ether oxygens (including phenoxy) is 3. The monoisotopic (exact) mass is 958 g/mol. The van der Waals surface area contributed by atoms with Gasteiger partial charge in [-0.2, -0.15) is 8.42 Å². The molecule has 13 nitrogen and oxygen atoms in total. The molecule has 0 amide bonds. The van der Waals surface area contributed by atoms with Crippen LogP contribution in [0.25, 0.3) is 0 Å². The summed E-state index contributed by atoms with van der Waals surface area (Å²) in [5.74, 6) is 2.81. The molecule has 4 aliphatic rings. The van der Waals surface area contributed by atoms with E-state index in [1.807, 2.05) is 13.8 Å².